The number of hydrogen-bond donors (Lipinski definition) is 1. The number of hydrogen-bond acceptors (Lipinski definition) is 2. The van der Waals surface area contributed by atoms with E-state index in [1.54, 1.807) is 12.4 Å². The number of aryl methyl sites for hydroxylation is 1. The minimum atomic E-state index is 0.667. The maximum absolute atomic E-state index is 6.05. The fraction of sp³-hybridized carbons (Fsp3) is 0.154. The van der Waals surface area contributed by atoms with E-state index in [1.807, 2.05) is 29.7 Å². The number of benzene rings is 1. The summed E-state index contributed by atoms with van der Waals surface area (Å²) in [7, 11) is 0. The molecule has 1 heterocycles. The molecule has 0 saturated heterocycles. The zero-order chi connectivity index (χ0) is 12.4. The van der Waals surface area contributed by atoms with Crippen LogP contribution in [0.4, 0.5) is 5.82 Å². The fourth-order valence-electron chi connectivity index (χ4n) is 1.64. The highest BCUT2D eigenvalue weighted by Gasteiger charge is 2.09. The van der Waals surface area contributed by atoms with Crippen LogP contribution in [0.1, 0.15) is 5.56 Å². The lowest BCUT2D eigenvalue weighted by Gasteiger charge is -2.04. The summed E-state index contributed by atoms with van der Waals surface area (Å²) >= 11 is 3.51. The van der Waals surface area contributed by atoms with Crippen molar-refractivity contribution < 1.29 is 0 Å². The molecule has 0 aliphatic rings. The molecule has 2 rings (SSSR count). The number of rotatable bonds is 3. The lowest BCUT2D eigenvalue weighted by Crippen LogP contribution is -2.00. The van der Waals surface area contributed by atoms with Crippen molar-refractivity contribution in [1.29, 1.82) is 0 Å². The van der Waals surface area contributed by atoms with Crippen molar-refractivity contribution in [2.75, 3.05) is 5.73 Å². The molecule has 0 atom stereocenters. The van der Waals surface area contributed by atoms with Gasteiger partial charge in [-0.15, -0.1) is 6.58 Å². The summed E-state index contributed by atoms with van der Waals surface area (Å²) < 4.78 is 2.93. The van der Waals surface area contributed by atoms with E-state index < -0.39 is 0 Å². The molecular weight excluding hydrogens is 278 g/mol. The number of halogens is 1. The predicted octanol–water partition coefficient (Wildman–Crippen LogP) is 3.39. The molecule has 0 amide bonds. The second-order valence-electron chi connectivity index (χ2n) is 3.88. The van der Waals surface area contributed by atoms with Gasteiger partial charge in [0.1, 0.15) is 11.5 Å². The average Bonchev–Trinajstić information content (AvgIpc) is 2.66. The highest BCUT2D eigenvalue weighted by atomic mass is 79.9. The molecule has 4 heteroatoms. The topological polar surface area (TPSA) is 43.8 Å². The summed E-state index contributed by atoms with van der Waals surface area (Å²) in [6.45, 7) is 6.41. The van der Waals surface area contributed by atoms with E-state index in [4.69, 9.17) is 5.73 Å². The molecule has 88 valence electrons. The molecule has 0 saturated carbocycles. The van der Waals surface area contributed by atoms with Gasteiger partial charge in [0.05, 0.1) is 6.33 Å². The molecule has 0 fully saturated rings. The van der Waals surface area contributed by atoms with Gasteiger partial charge in [-0.25, -0.2) is 4.98 Å². The van der Waals surface area contributed by atoms with Gasteiger partial charge >= 0.3 is 0 Å². The molecular formula is C13H14BrN3. The van der Waals surface area contributed by atoms with Crippen LogP contribution >= 0.6 is 15.9 Å². The van der Waals surface area contributed by atoms with Crippen LogP contribution in [0.5, 0.6) is 0 Å². The van der Waals surface area contributed by atoms with Crippen LogP contribution in [-0.4, -0.2) is 9.55 Å². The molecule has 1 aromatic carbocycles. The molecule has 0 radical (unpaired) electrons. The lowest BCUT2D eigenvalue weighted by atomic mass is 10.1. The molecule has 0 bridgehead atoms. The zero-order valence-corrected chi connectivity index (χ0v) is 11.2. The lowest BCUT2D eigenvalue weighted by molar-refractivity contribution is 0.833. The molecule has 0 aliphatic carbocycles. The third-order valence-electron chi connectivity index (χ3n) is 2.65. The molecule has 0 unspecified atom stereocenters. The number of nitrogens with two attached hydrogens (primary N) is 1. The average molecular weight is 292 g/mol. The molecule has 0 spiro atoms. The van der Waals surface area contributed by atoms with E-state index in [9.17, 15) is 0 Å². The van der Waals surface area contributed by atoms with E-state index in [1.165, 1.54) is 5.56 Å². The molecule has 0 aliphatic heterocycles. The normalized spacial score (nSPS) is 10.5. The van der Waals surface area contributed by atoms with Gasteiger partial charge in [0, 0.05) is 16.6 Å². The van der Waals surface area contributed by atoms with E-state index in [0.717, 1.165) is 15.7 Å². The number of nitrogen functional groups attached to an aromatic ring is 1. The summed E-state index contributed by atoms with van der Waals surface area (Å²) in [5, 5.41) is 0. The Balaban J connectivity index is 2.46. The number of anilines is 1. The van der Waals surface area contributed by atoms with Crippen molar-refractivity contribution >= 4 is 21.7 Å². The SMILES string of the molecule is C=CCn1cnc(-c2ccc(C)c(Br)c2)c1N. The van der Waals surface area contributed by atoms with Gasteiger partial charge < -0.3 is 10.3 Å². The summed E-state index contributed by atoms with van der Waals surface area (Å²) in [5.74, 6) is 0.667. The van der Waals surface area contributed by atoms with E-state index in [0.29, 0.717) is 12.4 Å². The first-order valence-electron chi connectivity index (χ1n) is 5.31. The first-order valence-corrected chi connectivity index (χ1v) is 6.11. The van der Waals surface area contributed by atoms with Gasteiger partial charge in [-0.05, 0) is 18.6 Å². The summed E-state index contributed by atoms with van der Waals surface area (Å²) in [4.78, 5) is 4.34. The Kier molecular flexibility index (Phi) is 3.33. The first-order chi connectivity index (χ1) is 8.13. The van der Waals surface area contributed by atoms with Crippen LogP contribution in [0.2, 0.25) is 0 Å². The molecule has 1 aromatic heterocycles. The third kappa shape index (κ3) is 2.26. The van der Waals surface area contributed by atoms with Gasteiger partial charge in [-0.3, -0.25) is 0 Å². The summed E-state index contributed by atoms with van der Waals surface area (Å²) in [6.07, 6.45) is 3.53. The number of aromatic nitrogens is 2. The molecule has 2 N–H and O–H groups in total. The van der Waals surface area contributed by atoms with Gasteiger partial charge in [0.15, 0.2) is 0 Å². The minimum absolute atomic E-state index is 0.667. The van der Waals surface area contributed by atoms with Crippen LogP contribution in [0, 0.1) is 6.92 Å². The smallest absolute Gasteiger partial charge is 0.131 e. The van der Waals surface area contributed by atoms with Crippen LogP contribution < -0.4 is 5.73 Å². The Morgan fingerprint density at radius 1 is 1.53 bits per heavy atom. The van der Waals surface area contributed by atoms with Crippen molar-refractivity contribution in [1.82, 2.24) is 9.55 Å². The Morgan fingerprint density at radius 3 is 2.94 bits per heavy atom. The van der Waals surface area contributed by atoms with Crippen LogP contribution in [0.15, 0.2) is 41.7 Å². The quantitative estimate of drug-likeness (QED) is 0.881. The highest BCUT2D eigenvalue weighted by molar-refractivity contribution is 9.10. The summed E-state index contributed by atoms with van der Waals surface area (Å²) in [6, 6.07) is 6.11. The number of allylic oxidation sites excluding steroid dienone is 1. The summed E-state index contributed by atoms with van der Waals surface area (Å²) in [5.41, 5.74) is 9.07. The number of nitrogens with zero attached hydrogens (tertiary/aromatic N) is 2. The molecule has 2 aromatic rings. The molecule has 17 heavy (non-hydrogen) atoms. The van der Waals surface area contributed by atoms with E-state index in [-0.39, 0.29) is 0 Å². The van der Waals surface area contributed by atoms with Gasteiger partial charge in [-0.1, -0.05) is 34.1 Å². The van der Waals surface area contributed by atoms with Crippen molar-refractivity contribution in [3.63, 3.8) is 0 Å². The Labute approximate surface area is 109 Å². The van der Waals surface area contributed by atoms with Crippen molar-refractivity contribution in [3.05, 3.63) is 47.2 Å². The van der Waals surface area contributed by atoms with Crippen LogP contribution in [0.25, 0.3) is 11.3 Å². The van der Waals surface area contributed by atoms with Gasteiger partial charge in [-0.2, -0.15) is 0 Å². The minimum Gasteiger partial charge on any atom is -0.383 e. The Morgan fingerprint density at radius 2 is 2.29 bits per heavy atom. The predicted molar refractivity (Wildman–Crippen MR) is 74.7 cm³/mol. The van der Waals surface area contributed by atoms with Crippen molar-refractivity contribution in [2.24, 2.45) is 0 Å². The van der Waals surface area contributed by atoms with Gasteiger partial charge in [0.25, 0.3) is 0 Å². The largest absolute Gasteiger partial charge is 0.383 e. The van der Waals surface area contributed by atoms with Gasteiger partial charge in [0.2, 0.25) is 0 Å². The second-order valence-corrected chi connectivity index (χ2v) is 4.74. The Bertz CT molecular complexity index is 558. The fourth-order valence-corrected chi connectivity index (χ4v) is 2.02. The maximum atomic E-state index is 6.05. The van der Waals surface area contributed by atoms with E-state index in [2.05, 4.69) is 27.5 Å². The first kappa shape index (κ1) is 11.9. The zero-order valence-electron chi connectivity index (χ0n) is 9.65. The Hall–Kier alpha value is -1.55. The van der Waals surface area contributed by atoms with E-state index >= 15 is 0 Å². The standard InChI is InChI=1S/C13H14BrN3/c1-3-6-17-8-16-12(13(17)15)10-5-4-9(2)11(14)7-10/h3-5,7-8H,1,6,15H2,2H3. The maximum Gasteiger partial charge on any atom is 0.131 e. The van der Waals surface area contributed by atoms with Crippen molar-refractivity contribution in [2.45, 2.75) is 13.5 Å². The third-order valence-corrected chi connectivity index (χ3v) is 3.50. The van der Waals surface area contributed by atoms with Crippen LogP contribution in [0.3, 0.4) is 0 Å². The number of imidazole rings is 1. The molecule has 3 nitrogen and oxygen atoms in total. The monoisotopic (exact) mass is 291 g/mol. The van der Waals surface area contributed by atoms with Crippen molar-refractivity contribution in [3.8, 4) is 11.3 Å². The highest BCUT2D eigenvalue weighted by Crippen LogP contribution is 2.28. The van der Waals surface area contributed by atoms with Crippen LogP contribution in [-0.2, 0) is 6.54 Å². The second kappa shape index (κ2) is 4.75.